The predicted octanol–water partition coefficient (Wildman–Crippen LogP) is 2.36. The molecule has 158 valence electrons. The van der Waals surface area contributed by atoms with Crippen molar-refractivity contribution in [2.75, 3.05) is 31.6 Å². The summed E-state index contributed by atoms with van der Waals surface area (Å²) in [6, 6.07) is 2.46. The fraction of sp³-hybridized carbons (Fsp3) is 0.727. The molecule has 3 fully saturated rings. The van der Waals surface area contributed by atoms with E-state index in [4.69, 9.17) is 20.6 Å². The molecule has 3 unspecified atom stereocenters. The van der Waals surface area contributed by atoms with E-state index in [9.17, 15) is 0 Å². The van der Waals surface area contributed by atoms with E-state index in [1.807, 2.05) is 4.52 Å². The number of anilines is 1. The number of pyridine rings is 1. The standard InChI is InChI=1S/C22H34N6O/c1-15-6-10-27(12-15)17-11-16(2)19-25-20(26-28(19)13-17)22(29-3)9-5-18(22)24-14-21(23)7-4-8-21/h11,13,15,18,24H,4-10,12,14,23H2,1-3H3. The van der Waals surface area contributed by atoms with E-state index in [1.165, 1.54) is 18.5 Å². The summed E-state index contributed by atoms with van der Waals surface area (Å²) in [5.41, 5.74) is 9.24. The Balaban J connectivity index is 1.41. The Morgan fingerprint density at radius 3 is 2.72 bits per heavy atom. The topological polar surface area (TPSA) is 80.7 Å². The first kappa shape index (κ1) is 19.3. The fourth-order valence-corrected chi connectivity index (χ4v) is 5.21. The van der Waals surface area contributed by atoms with E-state index in [1.54, 1.807) is 7.11 Å². The van der Waals surface area contributed by atoms with Crippen molar-refractivity contribution in [3.63, 3.8) is 0 Å². The minimum absolute atomic E-state index is 0.0419. The van der Waals surface area contributed by atoms with Crippen LogP contribution < -0.4 is 16.0 Å². The minimum atomic E-state index is -0.457. The van der Waals surface area contributed by atoms with Gasteiger partial charge in [-0.1, -0.05) is 6.92 Å². The number of ether oxygens (including phenoxy) is 1. The molecule has 7 nitrogen and oxygen atoms in total. The monoisotopic (exact) mass is 398 g/mol. The molecule has 0 bridgehead atoms. The summed E-state index contributed by atoms with van der Waals surface area (Å²) >= 11 is 0. The molecule has 3 heterocycles. The molecular weight excluding hydrogens is 364 g/mol. The zero-order chi connectivity index (χ0) is 20.2. The summed E-state index contributed by atoms with van der Waals surface area (Å²) in [6.45, 7) is 7.51. The van der Waals surface area contributed by atoms with Crippen LogP contribution >= 0.6 is 0 Å². The minimum Gasteiger partial charge on any atom is -0.370 e. The van der Waals surface area contributed by atoms with Crippen molar-refractivity contribution >= 4 is 11.3 Å². The zero-order valence-corrected chi connectivity index (χ0v) is 17.9. The molecule has 0 spiro atoms. The number of hydrogen-bond acceptors (Lipinski definition) is 6. The van der Waals surface area contributed by atoms with Gasteiger partial charge in [0.1, 0.15) is 5.60 Å². The first-order valence-electron chi connectivity index (χ1n) is 11.1. The first-order valence-corrected chi connectivity index (χ1v) is 11.1. The van der Waals surface area contributed by atoms with Crippen molar-refractivity contribution in [3.05, 3.63) is 23.7 Å². The van der Waals surface area contributed by atoms with E-state index in [0.29, 0.717) is 0 Å². The van der Waals surface area contributed by atoms with E-state index < -0.39 is 5.60 Å². The Labute approximate surface area is 173 Å². The van der Waals surface area contributed by atoms with Gasteiger partial charge < -0.3 is 20.7 Å². The lowest BCUT2D eigenvalue weighted by Gasteiger charge is -2.49. The first-order chi connectivity index (χ1) is 13.9. The number of rotatable bonds is 6. The van der Waals surface area contributed by atoms with E-state index in [2.05, 4.69) is 36.3 Å². The van der Waals surface area contributed by atoms with Crippen LogP contribution in [-0.2, 0) is 10.3 Å². The van der Waals surface area contributed by atoms with Crippen LogP contribution in [0.2, 0.25) is 0 Å². The maximum atomic E-state index is 6.42. The fourth-order valence-electron chi connectivity index (χ4n) is 5.21. The number of aryl methyl sites for hydroxylation is 1. The number of fused-ring (bicyclic) bond motifs is 1. The zero-order valence-electron chi connectivity index (χ0n) is 17.9. The highest BCUT2D eigenvalue weighted by Crippen LogP contribution is 2.44. The van der Waals surface area contributed by atoms with Crippen LogP contribution in [-0.4, -0.2) is 52.9 Å². The van der Waals surface area contributed by atoms with Gasteiger partial charge in [-0.15, -0.1) is 5.10 Å². The second-order valence-corrected chi connectivity index (χ2v) is 9.71. The third kappa shape index (κ3) is 3.14. The van der Waals surface area contributed by atoms with Crippen LogP contribution in [0.1, 0.15) is 56.8 Å². The van der Waals surface area contributed by atoms with Crippen LogP contribution in [0.15, 0.2) is 12.3 Å². The van der Waals surface area contributed by atoms with Crippen LogP contribution in [0.5, 0.6) is 0 Å². The second-order valence-electron chi connectivity index (χ2n) is 9.71. The maximum Gasteiger partial charge on any atom is 0.185 e. The second kappa shape index (κ2) is 6.93. The Morgan fingerprint density at radius 2 is 2.14 bits per heavy atom. The van der Waals surface area contributed by atoms with Gasteiger partial charge in [-0.3, -0.25) is 0 Å². The Morgan fingerprint density at radius 1 is 1.31 bits per heavy atom. The molecular formula is C22H34N6O. The van der Waals surface area contributed by atoms with Crippen molar-refractivity contribution in [2.45, 2.75) is 69.6 Å². The number of nitrogens with zero attached hydrogens (tertiary/aromatic N) is 4. The third-order valence-corrected chi connectivity index (χ3v) is 7.55. The summed E-state index contributed by atoms with van der Waals surface area (Å²) < 4.78 is 8.00. The van der Waals surface area contributed by atoms with Crippen LogP contribution in [0.25, 0.3) is 5.65 Å². The summed E-state index contributed by atoms with van der Waals surface area (Å²) in [6.07, 6.45) is 8.84. The highest BCUT2D eigenvalue weighted by molar-refractivity contribution is 5.57. The smallest absolute Gasteiger partial charge is 0.185 e. The third-order valence-electron chi connectivity index (χ3n) is 7.55. The van der Waals surface area contributed by atoms with Crippen LogP contribution in [0.4, 0.5) is 5.69 Å². The van der Waals surface area contributed by atoms with Gasteiger partial charge in [-0.05, 0) is 63.0 Å². The van der Waals surface area contributed by atoms with Gasteiger partial charge in [0.05, 0.1) is 11.9 Å². The summed E-state index contributed by atoms with van der Waals surface area (Å²) in [5, 5.41) is 8.58. The largest absolute Gasteiger partial charge is 0.370 e. The molecule has 0 amide bonds. The Hall–Kier alpha value is -1.70. The van der Waals surface area contributed by atoms with E-state index in [0.717, 1.165) is 68.3 Å². The van der Waals surface area contributed by atoms with Crippen molar-refractivity contribution in [2.24, 2.45) is 11.7 Å². The SMILES string of the molecule is COC1(c2nc3c(C)cc(N4CCC(C)C4)cn3n2)CCC1NCC1(N)CCC1. The maximum absolute atomic E-state index is 6.42. The molecule has 2 aromatic rings. The van der Waals surface area contributed by atoms with Gasteiger partial charge >= 0.3 is 0 Å². The van der Waals surface area contributed by atoms with Crippen molar-refractivity contribution in [3.8, 4) is 0 Å². The number of methoxy groups -OCH3 is 1. The molecule has 7 heteroatoms. The summed E-state index contributed by atoms with van der Waals surface area (Å²) in [5.74, 6) is 1.54. The number of hydrogen-bond donors (Lipinski definition) is 2. The lowest BCUT2D eigenvalue weighted by atomic mass is 9.72. The van der Waals surface area contributed by atoms with E-state index in [-0.39, 0.29) is 11.6 Å². The molecule has 1 saturated heterocycles. The molecule has 0 radical (unpaired) electrons. The average Bonchev–Trinajstić information content (AvgIpc) is 3.27. The normalized spacial score (nSPS) is 31.1. The molecule has 2 saturated carbocycles. The molecule has 2 aliphatic carbocycles. The molecule has 5 rings (SSSR count). The summed E-state index contributed by atoms with van der Waals surface area (Å²) in [7, 11) is 1.78. The van der Waals surface area contributed by atoms with Gasteiger partial charge in [0.2, 0.25) is 0 Å². The van der Waals surface area contributed by atoms with Gasteiger partial charge in [-0.25, -0.2) is 9.50 Å². The molecule has 29 heavy (non-hydrogen) atoms. The Bertz CT molecular complexity index is 902. The molecule has 0 aromatic carbocycles. The van der Waals surface area contributed by atoms with Gasteiger partial charge in [0.15, 0.2) is 11.5 Å². The highest BCUT2D eigenvalue weighted by Gasteiger charge is 2.52. The lowest BCUT2D eigenvalue weighted by molar-refractivity contribution is -0.115. The van der Waals surface area contributed by atoms with Crippen molar-refractivity contribution in [1.82, 2.24) is 19.9 Å². The van der Waals surface area contributed by atoms with Gasteiger partial charge in [-0.2, -0.15) is 0 Å². The predicted molar refractivity (Wildman–Crippen MR) is 114 cm³/mol. The number of nitrogens with one attached hydrogen (secondary N) is 1. The van der Waals surface area contributed by atoms with Crippen LogP contribution in [0, 0.1) is 12.8 Å². The molecule has 1 aliphatic heterocycles. The molecule has 3 N–H and O–H groups in total. The average molecular weight is 399 g/mol. The summed E-state index contributed by atoms with van der Waals surface area (Å²) in [4.78, 5) is 7.38. The van der Waals surface area contributed by atoms with Crippen molar-refractivity contribution < 1.29 is 4.74 Å². The molecule has 3 aliphatic rings. The molecule has 2 aromatic heterocycles. The molecule has 3 atom stereocenters. The number of nitrogens with two attached hydrogens (primary N) is 1. The van der Waals surface area contributed by atoms with Crippen LogP contribution in [0.3, 0.4) is 0 Å². The Kier molecular flexibility index (Phi) is 4.60. The number of aromatic nitrogens is 3. The quantitative estimate of drug-likeness (QED) is 0.778. The lowest BCUT2D eigenvalue weighted by Crippen LogP contribution is -2.63. The van der Waals surface area contributed by atoms with Gasteiger partial charge in [0, 0.05) is 38.3 Å². The van der Waals surface area contributed by atoms with Crippen molar-refractivity contribution in [1.29, 1.82) is 0 Å². The van der Waals surface area contributed by atoms with Gasteiger partial charge in [0.25, 0.3) is 0 Å². The van der Waals surface area contributed by atoms with E-state index >= 15 is 0 Å². The highest BCUT2D eigenvalue weighted by atomic mass is 16.5.